The summed E-state index contributed by atoms with van der Waals surface area (Å²) in [4.78, 5) is 2.67. The van der Waals surface area contributed by atoms with Crippen LogP contribution in [0, 0.1) is 5.92 Å². The van der Waals surface area contributed by atoms with Crippen molar-refractivity contribution in [2.75, 3.05) is 38.5 Å². The molecule has 2 atom stereocenters. The molecule has 2 aliphatic rings. The summed E-state index contributed by atoms with van der Waals surface area (Å²) in [5.41, 5.74) is 0. The van der Waals surface area contributed by atoms with E-state index < -0.39 is 0 Å². The quantitative estimate of drug-likeness (QED) is 0.748. The summed E-state index contributed by atoms with van der Waals surface area (Å²) in [6.45, 7) is 8.79. The van der Waals surface area contributed by atoms with E-state index in [0.717, 1.165) is 11.2 Å². The smallest absolute Gasteiger partial charge is 0.0147 e. The van der Waals surface area contributed by atoms with E-state index in [-0.39, 0.29) is 0 Å². The van der Waals surface area contributed by atoms with Crippen LogP contribution in [-0.4, -0.2) is 48.6 Å². The van der Waals surface area contributed by atoms with Crippen molar-refractivity contribution in [1.82, 2.24) is 10.2 Å². The maximum absolute atomic E-state index is 3.50. The van der Waals surface area contributed by atoms with Crippen LogP contribution in [0.3, 0.4) is 0 Å². The standard InChI is InChI=1S/C11H22N2S/c1-10-8-13(5-6-14-10)9-11-3-2-4-12-7-11/h10-12H,2-9H2,1H3/t10?,11-/m0/s1. The van der Waals surface area contributed by atoms with Gasteiger partial charge in [-0.05, 0) is 31.8 Å². The molecule has 0 spiro atoms. The first-order chi connectivity index (χ1) is 6.84. The van der Waals surface area contributed by atoms with Crippen molar-refractivity contribution < 1.29 is 0 Å². The van der Waals surface area contributed by atoms with Gasteiger partial charge in [-0.1, -0.05) is 6.92 Å². The topological polar surface area (TPSA) is 15.3 Å². The molecular weight excluding hydrogens is 192 g/mol. The molecule has 0 aromatic heterocycles. The minimum Gasteiger partial charge on any atom is -0.316 e. The van der Waals surface area contributed by atoms with Crippen LogP contribution in [0.25, 0.3) is 0 Å². The van der Waals surface area contributed by atoms with E-state index in [1.54, 1.807) is 0 Å². The Hall–Kier alpha value is 0.270. The summed E-state index contributed by atoms with van der Waals surface area (Å²) in [6.07, 6.45) is 2.81. The second-order valence-corrected chi connectivity index (χ2v) is 6.20. The Kier molecular flexibility index (Phi) is 4.14. The van der Waals surface area contributed by atoms with Crippen molar-refractivity contribution in [3.8, 4) is 0 Å². The van der Waals surface area contributed by atoms with Gasteiger partial charge >= 0.3 is 0 Å². The number of hydrogen-bond acceptors (Lipinski definition) is 3. The number of piperidine rings is 1. The third kappa shape index (κ3) is 3.14. The third-order valence-electron chi connectivity index (χ3n) is 3.24. The van der Waals surface area contributed by atoms with Gasteiger partial charge in [-0.3, -0.25) is 0 Å². The Morgan fingerprint density at radius 2 is 2.43 bits per heavy atom. The van der Waals surface area contributed by atoms with Gasteiger partial charge in [0.1, 0.15) is 0 Å². The van der Waals surface area contributed by atoms with E-state index in [2.05, 4.69) is 28.9 Å². The summed E-state index contributed by atoms with van der Waals surface area (Å²) < 4.78 is 0. The summed E-state index contributed by atoms with van der Waals surface area (Å²) in [5.74, 6) is 2.25. The van der Waals surface area contributed by atoms with Gasteiger partial charge in [0.05, 0.1) is 0 Å². The number of rotatable bonds is 2. The fourth-order valence-electron chi connectivity index (χ4n) is 2.50. The van der Waals surface area contributed by atoms with Gasteiger partial charge in [-0.15, -0.1) is 0 Å². The van der Waals surface area contributed by atoms with Crippen molar-refractivity contribution >= 4 is 11.8 Å². The lowest BCUT2D eigenvalue weighted by atomic mass is 9.99. The van der Waals surface area contributed by atoms with Crippen LogP contribution >= 0.6 is 11.8 Å². The number of thioether (sulfide) groups is 1. The van der Waals surface area contributed by atoms with Crippen molar-refractivity contribution in [1.29, 1.82) is 0 Å². The molecule has 1 N–H and O–H groups in total. The zero-order chi connectivity index (χ0) is 9.80. The first-order valence-electron chi connectivity index (χ1n) is 5.89. The second-order valence-electron chi connectivity index (χ2n) is 4.65. The van der Waals surface area contributed by atoms with E-state index in [1.807, 2.05) is 0 Å². The molecule has 14 heavy (non-hydrogen) atoms. The lowest BCUT2D eigenvalue weighted by Crippen LogP contribution is -2.43. The molecule has 2 fully saturated rings. The highest BCUT2D eigenvalue weighted by Crippen LogP contribution is 2.20. The molecule has 0 bridgehead atoms. The second kappa shape index (κ2) is 5.38. The number of hydrogen-bond donors (Lipinski definition) is 1. The molecule has 2 aliphatic heterocycles. The third-order valence-corrected chi connectivity index (χ3v) is 4.38. The molecule has 82 valence electrons. The summed E-state index contributed by atoms with van der Waals surface area (Å²) in [6, 6.07) is 0. The number of nitrogens with zero attached hydrogens (tertiary/aromatic N) is 1. The largest absolute Gasteiger partial charge is 0.316 e. The fraction of sp³-hybridized carbons (Fsp3) is 1.00. The van der Waals surface area contributed by atoms with Gasteiger partial charge in [0, 0.05) is 30.6 Å². The molecule has 2 nitrogen and oxygen atoms in total. The predicted molar refractivity (Wildman–Crippen MR) is 64.0 cm³/mol. The average Bonchev–Trinajstić information content (AvgIpc) is 2.19. The molecule has 2 saturated heterocycles. The Morgan fingerprint density at radius 1 is 1.50 bits per heavy atom. The molecule has 2 heterocycles. The highest BCUT2D eigenvalue weighted by atomic mass is 32.2. The lowest BCUT2D eigenvalue weighted by Gasteiger charge is -2.34. The molecule has 0 radical (unpaired) electrons. The first-order valence-corrected chi connectivity index (χ1v) is 6.94. The molecule has 0 aromatic carbocycles. The molecule has 1 unspecified atom stereocenters. The van der Waals surface area contributed by atoms with E-state index in [0.29, 0.717) is 0 Å². The van der Waals surface area contributed by atoms with E-state index in [4.69, 9.17) is 0 Å². The van der Waals surface area contributed by atoms with Gasteiger partial charge in [0.15, 0.2) is 0 Å². The molecule has 0 aliphatic carbocycles. The van der Waals surface area contributed by atoms with Gasteiger partial charge in [0.25, 0.3) is 0 Å². The average molecular weight is 214 g/mol. The Labute approximate surface area is 91.8 Å². The minimum atomic E-state index is 0.847. The van der Waals surface area contributed by atoms with E-state index >= 15 is 0 Å². The van der Waals surface area contributed by atoms with Gasteiger partial charge in [-0.25, -0.2) is 0 Å². The van der Waals surface area contributed by atoms with Crippen LogP contribution < -0.4 is 5.32 Å². The zero-order valence-corrected chi connectivity index (χ0v) is 9.98. The maximum atomic E-state index is 3.50. The van der Waals surface area contributed by atoms with Crippen molar-refractivity contribution in [3.63, 3.8) is 0 Å². The van der Waals surface area contributed by atoms with Crippen LogP contribution in [0.2, 0.25) is 0 Å². The Balaban J connectivity index is 1.72. The van der Waals surface area contributed by atoms with Crippen molar-refractivity contribution in [3.05, 3.63) is 0 Å². The predicted octanol–water partition coefficient (Wildman–Crippen LogP) is 1.42. The minimum absolute atomic E-state index is 0.847. The van der Waals surface area contributed by atoms with Crippen LogP contribution in [0.1, 0.15) is 19.8 Å². The van der Waals surface area contributed by atoms with Crippen LogP contribution in [0.15, 0.2) is 0 Å². The van der Waals surface area contributed by atoms with Crippen molar-refractivity contribution in [2.45, 2.75) is 25.0 Å². The summed E-state index contributed by atoms with van der Waals surface area (Å²) >= 11 is 2.13. The monoisotopic (exact) mass is 214 g/mol. The molecule has 2 rings (SSSR count). The lowest BCUT2D eigenvalue weighted by molar-refractivity contribution is 0.215. The highest BCUT2D eigenvalue weighted by molar-refractivity contribution is 7.99. The summed E-state index contributed by atoms with van der Waals surface area (Å²) in [7, 11) is 0. The highest BCUT2D eigenvalue weighted by Gasteiger charge is 2.21. The Bertz CT molecular complexity index is 169. The van der Waals surface area contributed by atoms with Crippen LogP contribution in [0.4, 0.5) is 0 Å². The molecule has 0 amide bonds. The zero-order valence-electron chi connectivity index (χ0n) is 9.17. The number of nitrogens with one attached hydrogen (secondary N) is 1. The summed E-state index contributed by atoms with van der Waals surface area (Å²) in [5, 5.41) is 4.35. The van der Waals surface area contributed by atoms with Crippen LogP contribution in [0.5, 0.6) is 0 Å². The normalized spacial score (nSPS) is 35.8. The molecule has 3 heteroatoms. The van der Waals surface area contributed by atoms with Gasteiger partial charge in [-0.2, -0.15) is 11.8 Å². The van der Waals surface area contributed by atoms with Crippen LogP contribution in [-0.2, 0) is 0 Å². The van der Waals surface area contributed by atoms with Gasteiger partial charge < -0.3 is 10.2 Å². The van der Waals surface area contributed by atoms with Gasteiger partial charge in [0.2, 0.25) is 0 Å². The first kappa shape index (κ1) is 10.8. The maximum Gasteiger partial charge on any atom is 0.0147 e. The molecular formula is C11H22N2S. The fourth-order valence-corrected chi connectivity index (χ4v) is 3.58. The van der Waals surface area contributed by atoms with E-state index in [1.165, 1.54) is 51.3 Å². The van der Waals surface area contributed by atoms with Crippen molar-refractivity contribution in [2.24, 2.45) is 5.92 Å². The molecule has 0 aromatic rings. The SMILES string of the molecule is CC1CN(C[C@H]2CCCNC2)CCS1. The molecule has 0 saturated carbocycles. The van der Waals surface area contributed by atoms with E-state index in [9.17, 15) is 0 Å². The Morgan fingerprint density at radius 3 is 3.14 bits per heavy atom.